The van der Waals surface area contributed by atoms with Crippen LogP contribution in [-0.2, 0) is 11.8 Å². The standard InChI is InChI=1S/C14H22N4O2/c1-10-11(15)16-13(17(2)12(10)19)18-6-3-14(4-7-18)5-8-20-9-14/h3-9,15H2,1-2H3. The maximum absolute atomic E-state index is 12.1. The molecule has 0 bridgehead atoms. The van der Waals surface area contributed by atoms with Gasteiger partial charge in [-0.15, -0.1) is 0 Å². The molecule has 1 spiro atoms. The molecule has 0 saturated carbocycles. The van der Waals surface area contributed by atoms with Crippen molar-refractivity contribution in [3.8, 4) is 0 Å². The Labute approximate surface area is 118 Å². The molecule has 2 saturated heterocycles. The highest BCUT2D eigenvalue weighted by Crippen LogP contribution is 2.39. The number of nitrogens with two attached hydrogens (primary N) is 1. The zero-order valence-corrected chi connectivity index (χ0v) is 12.2. The fourth-order valence-corrected chi connectivity index (χ4v) is 3.23. The van der Waals surface area contributed by atoms with E-state index >= 15 is 0 Å². The van der Waals surface area contributed by atoms with Crippen LogP contribution in [0, 0.1) is 12.3 Å². The third-order valence-corrected chi connectivity index (χ3v) is 4.82. The Hall–Kier alpha value is -1.56. The number of anilines is 2. The van der Waals surface area contributed by atoms with Crippen molar-refractivity contribution < 1.29 is 4.74 Å². The first-order valence-corrected chi connectivity index (χ1v) is 7.18. The van der Waals surface area contributed by atoms with Gasteiger partial charge in [-0.1, -0.05) is 0 Å². The molecule has 0 radical (unpaired) electrons. The number of nitrogen functional groups attached to an aromatic ring is 1. The van der Waals surface area contributed by atoms with Gasteiger partial charge >= 0.3 is 0 Å². The van der Waals surface area contributed by atoms with Crippen LogP contribution < -0.4 is 16.2 Å². The van der Waals surface area contributed by atoms with Gasteiger partial charge in [0.2, 0.25) is 5.95 Å². The highest BCUT2D eigenvalue weighted by atomic mass is 16.5. The first-order valence-electron chi connectivity index (χ1n) is 7.18. The van der Waals surface area contributed by atoms with Crippen LogP contribution in [0.25, 0.3) is 0 Å². The molecular formula is C14H22N4O2. The number of aromatic nitrogens is 2. The lowest BCUT2D eigenvalue weighted by molar-refractivity contribution is 0.133. The lowest BCUT2D eigenvalue weighted by Crippen LogP contribution is -2.43. The van der Waals surface area contributed by atoms with Crippen molar-refractivity contribution in [1.82, 2.24) is 9.55 Å². The summed E-state index contributed by atoms with van der Waals surface area (Å²) in [4.78, 5) is 18.7. The van der Waals surface area contributed by atoms with Gasteiger partial charge in [-0.25, -0.2) is 0 Å². The maximum atomic E-state index is 12.1. The van der Waals surface area contributed by atoms with Crippen molar-refractivity contribution >= 4 is 11.8 Å². The SMILES string of the molecule is Cc1c(N)nc(N2CCC3(CCOC3)CC2)n(C)c1=O. The molecular weight excluding hydrogens is 256 g/mol. The van der Waals surface area contributed by atoms with Crippen molar-refractivity contribution in [2.75, 3.05) is 36.9 Å². The molecule has 6 nitrogen and oxygen atoms in total. The molecule has 20 heavy (non-hydrogen) atoms. The van der Waals surface area contributed by atoms with Crippen LogP contribution >= 0.6 is 0 Å². The minimum atomic E-state index is -0.0583. The topological polar surface area (TPSA) is 73.4 Å². The summed E-state index contributed by atoms with van der Waals surface area (Å²) in [5.41, 5.74) is 6.66. The van der Waals surface area contributed by atoms with Crippen LogP contribution in [-0.4, -0.2) is 35.9 Å². The minimum Gasteiger partial charge on any atom is -0.383 e. The normalized spacial score (nSPS) is 21.6. The fraction of sp³-hybridized carbons (Fsp3) is 0.714. The van der Waals surface area contributed by atoms with Crippen LogP contribution in [0.5, 0.6) is 0 Å². The van der Waals surface area contributed by atoms with Crippen LogP contribution in [0.15, 0.2) is 4.79 Å². The zero-order valence-electron chi connectivity index (χ0n) is 12.2. The molecule has 6 heteroatoms. The van der Waals surface area contributed by atoms with Crippen molar-refractivity contribution in [3.63, 3.8) is 0 Å². The highest BCUT2D eigenvalue weighted by Gasteiger charge is 2.38. The van der Waals surface area contributed by atoms with Gasteiger partial charge in [0.1, 0.15) is 5.82 Å². The van der Waals surface area contributed by atoms with Crippen molar-refractivity contribution in [2.24, 2.45) is 12.5 Å². The molecule has 0 amide bonds. The Morgan fingerprint density at radius 3 is 2.60 bits per heavy atom. The van der Waals surface area contributed by atoms with E-state index in [0.717, 1.165) is 45.6 Å². The molecule has 2 fully saturated rings. The first kappa shape index (κ1) is 13.4. The molecule has 2 N–H and O–H groups in total. The summed E-state index contributed by atoms with van der Waals surface area (Å²) in [5.74, 6) is 1.03. The third kappa shape index (κ3) is 2.08. The first-order chi connectivity index (χ1) is 9.52. The minimum absolute atomic E-state index is 0.0583. The molecule has 0 aromatic carbocycles. The van der Waals surface area contributed by atoms with E-state index in [0.29, 0.717) is 22.7 Å². The number of rotatable bonds is 1. The van der Waals surface area contributed by atoms with E-state index in [2.05, 4.69) is 9.88 Å². The van der Waals surface area contributed by atoms with E-state index in [4.69, 9.17) is 10.5 Å². The average Bonchev–Trinajstić information content (AvgIpc) is 2.90. The quantitative estimate of drug-likeness (QED) is 0.817. The molecule has 1 aromatic rings. The van der Waals surface area contributed by atoms with Gasteiger partial charge in [0.15, 0.2) is 0 Å². The molecule has 2 aliphatic rings. The number of piperidine rings is 1. The van der Waals surface area contributed by atoms with Crippen LogP contribution in [0.2, 0.25) is 0 Å². The van der Waals surface area contributed by atoms with Gasteiger partial charge in [0.25, 0.3) is 5.56 Å². The van der Waals surface area contributed by atoms with Gasteiger partial charge in [0.05, 0.1) is 12.2 Å². The van der Waals surface area contributed by atoms with E-state index < -0.39 is 0 Å². The molecule has 0 atom stereocenters. The number of nitrogens with zero attached hydrogens (tertiary/aromatic N) is 3. The second kappa shape index (κ2) is 4.77. The summed E-state index contributed by atoms with van der Waals surface area (Å²) >= 11 is 0. The highest BCUT2D eigenvalue weighted by molar-refractivity contribution is 5.44. The monoisotopic (exact) mass is 278 g/mol. The van der Waals surface area contributed by atoms with E-state index in [9.17, 15) is 4.79 Å². The lowest BCUT2D eigenvalue weighted by Gasteiger charge is -2.39. The molecule has 2 aliphatic heterocycles. The second-order valence-electron chi connectivity index (χ2n) is 6.08. The Bertz CT molecular complexity index is 565. The van der Waals surface area contributed by atoms with Gasteiger partial charge in [0, 0.05) is 26.7 Å². The van der Waals surface area contributed by atoms with Crippen LogP contribution in [0.4, 0.5) is 11.8 Å². The fourth-order valence-electron chi connectivity index (χ4n) is 3.23. The summed E-state index contributed by atoms with van der Waals surface area (Å²) in [6, 6.07) is 0. The number of hydrogen-bond donors (Lipinski definition) is 1. The Morgan fingerprint density at radius 1 is 1.30 bits per heavy atom. The smallest absolute Gasteiger partial charge is 0.259 e. The van der Waals surface area contributed by atoms with Crippen molar-refractivity contribution in [1.29, 1.82) is 0 Å². The summed E-state index contributed by atoms with van der Waals surface area (Å²) < 4.78 is 7.15. The predicted octanol–water partition coefficient (Wildman–Crippen LogP) is 0.678. The van der Waals surface area contributed by atoms with E-state index in [1.807, 2.05) is 0 Å². The summed E-state index contributed by atoms with van der Waals surface area (Å²) in [5, 5.41) is 0. The second-order valence-corrected chi connectivity index (χ2v) is 6.08. The molecule has 110 valence electrons. The third-order valence-electron chi connectivity index (χ3n) is 4.82. The Morgan fingerprint density at radius 2 is 2.00 bits per heavy atom. The van der Waals surface area contributed by atoms with Crippen molar-refractivity contribution in [3.05, 3.63) is 15.9 Å². The molecule has 3 rings (SSSR count). The van der Waals surface area contributed by atoms with Gasteiger partial charge in [-0.3, -0.25) is 9.36 Å². The maximum Gasteiger partial charge on any atom is 0.259 e. The lowest BCUT2D eigenvalue weighted by atomic mass is 9.78. The molecule has 3 heterocycles. The molecule has 0 unspecified atom stereocenters. The average molecular weight is 278 g/mol. The van der Waals surface area contributed by atoms with Gasteiger partial charge in [-0.05, 0) is 31.6 Å². The zero-order chi connectivity index (χ0) is 14.3. The van der Waals surface area contributed by atoms with Crippen LogP contribution in [0.3, 0.4) is 0 Å². The number of hydrogen-bond acceptors (Lipinski definition) is 5. The largest absolute Gasteiger partial charge is 0.383 e. The van der Waals surface area contributed by atoms with E-state index in [-0.39, 0.29) is 5.56 Å². The van der Waals surface area contributed by atoms with Crippen LogP contribution in [0.1, 0.15) is 24.8 Å². The summed E-state index contributed by atoms with van der Waals surface area (Å²) in [6.07, 6.45) is 3.34. The Balaban J connectivity index is 1.83. The van der Waals surface area contributed by atoms with E-state index in [1.165, 1.54) is 0 Å². The van der Waals surface area contributed by atoms with Crippen molar-refractivity contribution in [2.45, 2.75) is 26.2 Å². The summed E-state index contributed by atoms with van der Waals surface area (Å²) in [6.45, 7) is 5.30. The predicted molar refractivity (Wildman–Crippen MR) is 77.9 cm³/mol. The van der Waals surface area contributed by atoms with E-state index in [1.54, 1.807) is 18.5 Å². The molecule has 0 aliphatic carbocycles. The Kier molecular flexibility index (Phi) is 3.20. The van der Waals surface area contributed by atoms with Gasteiger partial charge in [-0.2, -0.15) is 4.98 Å². The molecule has 1 aromatic heterocycles. The van der Waals surface area contributed by atoms with Gasteiger partial charge < -0.3 is 15.4 Å². The number of ether oxygens (including phenoxy) is 1. The summed E-state index contributed by atoms with van der Waals surface area (Å²) in [7, 11) is 1.76.